The molecular formula is C24H28N6. The Morgan fingerprint density at radius 2 is 1.80 bits per heavy atom. The molecule has 0 saturated heterocycles. The second kappa shape index (κ2) is 6.69. The fraction of sp³-hybridized carbons (Fsp3) is 0.375. The van der Waals surface area contributed by atoms with Gasteiger partial charge in [0, 0.05) is 36.2 Å². The molecule has 4 heterocycles. The molecule has 6 nitrogen and oxygen atoms in total. The average Bonchev–Trinajstić information content (AvgIpc) is 3.29. The monoisotopic (exact) mass is 400 g/mol. The molecule has 0 radical (unpaired) electrons. The Morgan fingerprint density at radius 1 is 1.03 bits per heavy atom. The number of aromatic nitrogens is 5. The Hall–Kier alpha value is -3.15. The molecule has 0 fully saturated rings. The molecule has 0 spiro atoms. The Kier molecular flexibility index (Phi) is 4.20. The van der Waals surface area contributed by atoms with Crippen molar-refractivity contribution in [3.8, 4) is 5.69 Å². The first-order chi connectivity index (χ1) is 14.3. The van der Waals surface area contributed by atoms with Crippen LogP contribution in [0.5, 0.6) is 0 Å². The maximum atomic E-state index is 5.08. The van der Waals surface area contributed by atoms with Gasteiger partial charge in [-0.1, -0.05) is 18.2 Å². The van der Waals surface area contributed by atoms with E-state index in [4.69, 9.17) is 10.1 Å². The van der Waals surface area contributed by atoms with Gasteiger partial charge in [0.15, 0.2) is 5.65 Å². The van der Waals surface area contributed by atoms with Gasteiger partial charge in [-0.2, -0.15) is 10.2 Å². The van der Waals surface area contributed by atoms with Gasteiger partial charge >= 0.3 is 0 Å². The molecule has 0 N–H and O–H groups in total. The zero-order valence-corrected chi connectivity index (χ0v) is 18.3. The summed E-state index contributed by atoms with van der Waals surface area (Å²) < 4.78 is 4.14. The summed E-state index contributed by atoms with van der Waals surface area (Å²) in [6, 6.07) is 12.4. The van der Waals surface area contributed by atoms with Crippen molar-refractivity contribution < 1.29 is 0 Å². The highest BCUT2D eigenvalue weighted by Gasteiger charge is 2.27. The van der Waals surface area contributed by atoms with Crippen molar-refractivity contribution in [3.05, 3.63) is 65.1 Å². The highest BCUT2D eigenvalue weighted by molar-refractivity contribution is 5.85. The van der Waals surface area contributed by atoms with E-state index in [-0.39, 0.29) is 5.54 Å². The van der Waals surface area contributed by atoms with Crippen molar-refractivity contribution in [2.24, 2.45) is 0 Å². The maximum Gasteiger partial charge on any atom is 0.165 e. The van der Waals surface area contributed by atoms with E-state index in [1.54, 1.807) is 0 Å². The minimum atomic E-state index is 0.00319. The van der Waals surface area contributed by atoms with Crippen LogP contribution in [0.1, 0.15) is 43.3 Å². The van der Waals surface area contributed by atoms with E-state index in [0.717, 1.165) is 47.7 Å². The van der Waals surface area contributed by atoms with Crippen LogP contribution in [0.25, 0.3) is 16.7 Å². The van der Waals surface area contributed by atoms with E-state index < -0.39 is 0 Å². The Balaban J connectivity index is 1.57. The number of rotatable bonds is 2. The molecule has 0 saturated carbocycles. The van der Waals surface area contributed by atoms with E-state index in [0.29, 0.717) is 0 Å². The topological polar surface area (TPSA) is 51.8 Å². The molecule has 3 aromatic heterocycles. The maximum absolute atomic E-state index is 5.08. The molecule has 0 atom stereocenters. The van der Waals surface area contributed by atoms with Crippen LogP contribution in [-0.4, -0.2) is 31.1 Å². The number of fused-ring (bicyclic) bond motifs is 2. The van der Waals surface area contributed by atoms with E-state index in [1.807, 2.05) is 29.1 Å². The molecule has 5 rings (SSSR count). The van der Waals surface area contributed by atoms with Crippen LogP contribution in [0.4, 0.5) is 5.82 Å². The highest BCUT2D eigenvalue weighted by Crippen LogP contribution is 2.31. The van der Waals surface area contributed by atoms with Gasteiger partial charge in [0.2, 0.25) is 0 Å². The normalized spacial score (nSPS) is 14.4. The van der Waals surface area contributed by atoms with Crippen LogP contribution in [-0.2, 0) is 18.5 Å². The molecule has 6 heteroatoms. The van der Waals surface area contributed by atoms with Gasteiger partial charge in [0.25, 0.3) is 0 Å². The predicted molar refractivity (Wildman–Crippen MR) is 120 cm³/mol. The number of pyridine rings is 1. The molecule has 0 unspecified atom stereocenters. The third-order valence-corrected chi connectivity index (χ3v) is 5.89. The van der Waals surface area contributed by atoms with Crippen molar-refractivity contribution >= 4 is 16.9 Å². The van der Waals surface area contributed by atoms with E-state index in [1.165, 1.54) is 16.8 Å². The SMILES string of the molecule is Cc1cc(N2CCc3c(cnn3C(C)(C)C)C2)nc2c1c(C)nn2-c1ccccc1. The predicted octanol–water partition coefficient (Wildman–Crippen LogP) is 4.55. The number of benzene rings is 1. The van der Waals surface area contributed by atoms with Crippen molar-refractivity contribution in [2.75, 3.05) is 11.4 Å². The number of hydrogen-bond donors (Lipinski definition) is 0. The smallest absolute Gasteiger partial charge is 0.165 e. The summed E-state index contributed by atoms with van der Waals surface area (Å²) in [5, 5.41) is 10.6. The summed E-state index contributed by atoms with van der Waals surface area (Å²) in [6.07, 6.45) is 3.00. The number of hydrogen-bond acceptors (Lipinski definition) is 4. The number of para-hydroxylation sites is 1. The van der Waals surface area contributed by atoms with Crippen LogP contribution < -0.4 is 4.90 Å². The van der Waals surface area contributed by atoms with Crippen molar-refractivity contribution in [2.45, 2.75) is 53.1 Å². The first-order valence-corrected chi connectivity index (χ1v) is 10.6. The second-order valence-electron chi connectivity index (χ2n) is 9.20. The van der Waals surface area contributed by atoms with Gasteiger partial charge in [-0.05, 0) is 58.4 Å². The quantitative estimate of drug-likeness (QED) is 0.495. The molecule has 0 amide bonds. The Morgan fingerprint density at radius 3 is 2.53 bits per heavy atom. The molecule has 0 bridgehead atoms. The first-order valence-electron chi connectivity index (χ1n) is 10.6. The summed E-state index contributed by atoms with van der Waals surface area (Å²) in [7, 11) is 0. The lowest BCUT2D eigenvalue weighted by Gasteiger charge is -2.31. The number of aryl methyl sites for hydroxylation is 2. The third-order valence-electron chi connectivity index (χ3n) is 5.89. The van der Waals surface area contributed by atoms with Crippen LogP contribution in [0.3, 0.4) is 0 Å². The summed E-state index contributed by atoms with van der Waals surface area (Å²) in [6.45, 7) is 12.6. The minimum Gasteiger partial charge on any atom is -0.352 e. The van der Waals surface area contributed by atoms with Gasteiger partial charge in [0.1, 0.15) is 5.82 Å². The third kappa shape index (κ3) is 2.98. The molecule has 1 aromatic carbocycles. The average molecular weight is 401 g/mol. The van der Waals surface area contributed by atoms with Gasteiger partial charge in [-0.3, -0.25) is 4.68 Å². The van der Waals surface area contributed by atoms with Crippen molar-refractivity contribution in [1.29, 1.82) is 0 Å². The fourth-order valence-electron chi connectivity index (χ4n) is 4.50. The fourth-order valence-corrected chi connectivity index (χ4v) is 4.50. The zero-order chi connectivity index (χ0) is 21.0. The van der Waals surface area contributed by atoms with Gasteiger partial charge in [-0.25, -0.2) is 9.67 Å². The standard InChI is InChI=1S/C24H28N6/c1-16-13-21(28-12-11-20-18(15-28)14-25-30(20)24(3,4)5)26-23-22(16)17(2)27-29(23)19-9-7-6-8-10-19/h6-10,13-14H,11-12,15H2,1-5H3. The molecule has 154 valence electrons. The summed E-state index contributed by atoms with van der Waals surface area (Å²) in [5.74, 6) is 1.01. The Bertz CT molecular complexity index is 1230. The molecule has 0 aliphatic carbocycles. The Labute approximate surface area is 177 Å². The molecule has 4 aromatic rings. The van der Waals surface area contributed by atoms with Crippen molar-refractivity contribution in [3.63, 3.8) is 0 Å². The van der Waals surface area contributed by atoms with Crippen LogP contribution in [0, 0.1) is 13.8 Å². The van der Waals surface area contributed by atoms with E-state index in [9.17, 15) is 0 Å². The van der Waals surface area contributed by atoms with Gasteiger partial charge in [0.05, 0.1) is 23.1 Å². The summed E-state index contributed by atoms with van der Waals surface area (Å²) in [5.41, 5.74) is 6.83. The van der Waals surface area contributed by atoms with Crippen molar-refractivity contribution in [1.82, 2.24) is 24.5 Å². The summed E-state index contributed by atoms with van der Waals surface area (Å²) in [4.78, 5) is 7.45. The zero-order valence-electron chi connectivity index (χ0n) is 18.3. The largest absolute Gasteiger partial charge is 0.352 e. The van der Waals surface area contributed by atoms with Crippen LogP contribution >= 0.6 is 0 Å². The molecule has 30 heavy (non-hydrogen) atoms. The first kappa shape index (κ1) is 18.9. The lowest BCUT2D eigenvalue weighted by Crippen LogP contribution is -2.34. The van der Waals surface area contributed by atoms with E-state index in [2.05, 4.69) is 67.5 Å². The van der Waals surface area contributed by atoms with Crippen LogP contribution in [0.15, 0.2) is 42.6 Å². The number of nitrogens with zero attached hydrogens (tertiary/aromatic N) is 6. The lowest BCUT2D eigenvalue weighted by atomic mass is 10.0. The van der Waals surface area contributed by atoms with Crippen LogP contribution in [0.2, 0.25) is 0 Å². The highest BCUT2D eigenvalue weighted by atomic mass is 15.3. The van der Waals surface area contributed by atoms with E-state index >= 15 is 0 Å². The molecule has 1 aliphatic heterocycles. The molecule has 1 aliphatic rings. The lowest BCUT2D eigenvalue weighted by molar-refractivity contribution is 0.341. The number of anilines is 1. The van der Waals surface area contributed by atoms with Gasteiger partial charge in [-0.15, -0.1) is 0 Å². The second-order valence-corrected chi connectivity index (χ2v) is 9.20. The molecular weight excluding hydrogens is 372 g/mol. The summed E-state index contributed by atoms with van der Waals surface area (Å²) >= 11 is 0. The van der Waals surface area contributed by atoms with Gasteiger partial charge < -0.3 is 4.90 Å². The minimum absolute atomic E-state index is 0.00319.